The zero-order valence-corrected chi connectivity index (χ0v) is 8.15. The Morgan fingerprint density at radius 2 is 1.92 bits per heavy atom. The first-order valence-electron chi connectivity index (χ1n) is 4.55. The molecule has 0 aromatic heterocycles. The van der Waals surface area contributed by atoms with Crippen LogP contribution in [0.5, 0.6) is 0 Å². The van der Waals surface area contributed by atoms with Gasteiger partial charge in [-0.3, -0.25) is 0 Å². The summed E-state index contributed by atoms with van der Waals surface area (Å²) in [6.45, 7) is 7.52. The summed E-state index contributed by atoms with van der Waals surface area (Å²) in [6.07, 6.45) is 1.17. The highest BCUT2D eigenvalue weighted by Gasteiger charge is 1.93. The zero-order valence-electron chi connectivity index (χ0n) is 8.15. The second-order valence-corrected chi connectivity index (χ2v) is 3.23. The molecule has 1 aromatic rings. The van der Waals surface area contributed by atoms with Crippen LogP contribution in [0.2, 0.25) is 0 Å². The molecule has 1 heteroatoms. The third-order valence-corrected chi connectivity index (χ3v) is 2.09. The molecule has 0 saturated heterocycles. The van der Waals surface area contributed by atoms with E-state index in [0.29, 0.717) is 0 Å². The van der Waals surface area contributed by atoms with Gasteiger partial charge in [-0.2, -0.15) is 0 Å². The number of benzene rings is 1. The van der Waals surface area contributed by atoms with E-state index >= 15 is 0 Å². The summed E-state index contributed by atoms with van der Waals surface area (Å²) < 4.78 is 0. The van der Waals surface area contributed by atoms with Crippen molar-refractivity contribution in [1.29, 1.82) is 0 Å². The Morgan fingerprint density at radius 1 is 1.17 bits per heavy atom. The van der Waals surface area contributed by atoms with E-state index in [1.165, 1.54) is 23.2 Å². The number of nitrogens with one attached hydrogen (secondary N) is 1. The van der Waals surface area contributed by atoms with Crippen LogP contribution in [0, 0.1) is 13.8 Å². The van der Waals surface area contributed by atoms with Gasteiger partial charge in [0.2, 0.25) is 0 Å². The molecule has 1 nitrogen and oxygen atoms in total. The minimum absolute atomic E-state index is 1.06. The molecular formula is C11H17N. The smallest absolute Gasteiger partial charge is 0.0342 e. The van der Waals surface area contributed by atoms with Crippen molar-refractivity contribution in [2.75, 3.05) is 11.9 Å². The van der Waals surface area contributed by atoms with Gasteiger partial charge in [-0.15, -0.1) is 0 Å². The van der Waals surface area contributed by atoms with Crippen LogP contribution in [0.1, 0.15) is 24.5 Å². The summed E-state index contributed by atoms with van der Waals surface area (Å²) in [4.78, 5) is 0. The first-order valence-corrected chi connectivity index (χ1v) is 4.55. The van der Waals surface area contributed by atoms with Crippen LogP contribution in [0.3, 0.4) is 0 Å². The van der Waals surface area contributed by atoms with Gasteiger partial charge in [-0.1, -0.05) is 13.0 Å². The van der Waals surface area contributed by atoms with Crippen molar-refractivity contribution in [2.45, 2.75) is 27.2 Å². The summed E-state index contributed by atoms with van der Waals surface area (Å²) in [5.74, 6) is 0. The second-order valence-electron chi connectivity index (χ2n) is 3.23. The minimum atomic E-state index is 1.06. The molecule has 0 aliphatic carbocycles. The number of aryl methyl sites for hydroxylation is 2. The van der Waals surface area contributed by atoms with Crippen LogP contribution in [0.25, 0.3) is 0 Å². The molecule has 0 amide bonds. The number of hydrogen-bond acceptors (Lipinski definition) is 1. The van der Waals surface area contributed by atoms with Crippen LogP contribution in [0.15, 0.2) is 18.2 Å². The molecule has 1 N–H and O–H groups in total. The topological polar surface area (TPSA) is 12.0 Å². The molecule has 66 valence electrons. The highest BCUT2D eigenvalue weighted by Crippen LogP contribution is 2.13. The van der Waals surface area contributed by atoms with E-state index in [-0.39, 0.29) is 0 Å². The van der Waals surface area contributed by atoms with Gasteiger partial charge in [0.1, 0.15) is 0 Å². The quantitative estimate of drug-likeness (QED) is 0.722. The van der Waals surface area contributed by atoms with E-state index in [1.807, 2.05) is 0 Å². The fourth-order valence-corrected chi connectivity index (χ4v) is 1.12. The van der Waals surface area contributed by atoms with Crippen molar-refractivity contribution in [2.24, 2.45) is 0 Å². The van der Waals surface area contributed by atoms with Crippen molar-refractivity contribution in [3.63, 3.8) is 0 Å². The number of rotatable bonds is 3. The van der Waals surface area contributed by atoms with E-state index in [9.17, 15) is 0 Å². The Labute approximate surface area is 74.8 Å². The first kappa shape index (κ1) is 9.11. The van der Waals surface area contributed by atoms with E-state index in [4.69, 9.17) is 0 Å². The predicted octanol–water partition coefficient (Wildman–Crippen LogP) is 3.13. The zero-order chi connectivity index (χ0) is 8.97. The van der Waals surface area contributed by atoms with E-state index < -0.39 is 0 Å². The molecule has 0 bridgehead atoms. The Morgan fingerprint density at radius 3 is 2.50 bits per heavy atom. The molecule has 0 radical (unpaired) electrons. The Kier molecular flexibility index (Phi) is 3.15. The molecular weight excluding hydrogens is 146 g/mol. The van der Waals surface area contributed by atoms with Gasteiger partial charge in [0.05, 0.1) is 0 Å². The summed E-state index contributed by atoms with van der Waals surface area (Å²) >= 11 is 0. The molecule has 0 atom stereocenters. The van der Waals surface area contributed by atoms with Crippen LogP contribution < -0.4 is 5.32 Å². The molecule has 0 spiro atoms. The van der Waals surface area contributed by atoms with Gasteiger partial charge >= 0.3 is 0 Å². The molecule has 1 rings (SSSR count). The molecule has 0 aliphatic heterocycles. The fourth-order valence-electron chi connectivity index (χ4n) is 1.12. The maximum atomic E-state index is 3.36. The lowest BCUT2D eigenvalue weighted by atomic mass is 10.1. The second kappa shape index (κ2) is 4.15. The lowest BCUT2D eigenvalue weighted by molar-refractivity contribution is 0.979. The van der Waals surface area contributed by atoms with Crippen LogP contribution in [0.4, 0.5) is 5.69 Å². The number of anilines is 1. The SMILES string of the molecule is CCCNc1ccc(C)c(C)c1. The lowest BCUT2D eigenvalue weighted by Gasteiger charge is -2.06. The molecule has 0 heterocycles. The Balaban J connectivity index is 2.69. The molecule has 0 aliphatic rings. The van der Waals surface area contributed by atoms with Gasteiger partial charge in [0, 0.05) is 12.2 Å². The van der Waals surface area contributed by atoms with Crippen molar-refractivity contribution in [3.05, 3.63) is 29.3 Å². The van der Waals surface area contributed by atoms with Crippen molar-refractivity contribution in [1.82, 2.24) is 0 Å². The van der Waals surface area contributed by atoms with Crippen LogP contribution >= 0.6 is 0 Å². The highest BCUT2D eigenvalue weighted by molar-refractivity contribution is 5.47. The monoisotopic (exact) mass is 163 g/mol. The standard InChI is InChI=1S/C11H17N/c1-4-7-12-11-6-5-9(2)10(3)8-11/h5-6,8,12H,4,7H2,1-3H3. The van der Waals surface area contributed by atoms with Crippen LogP contribution in [-0.2, 0) is 0 Å². The van der Waals surface area contributed by atoms with Crippen molar-refractivity contribution in [3.8, 4) is 0 Å². The summed E-state index contributed by atoms with van der Waals surface area (Å²) in [5.41, 5.74) is 3.95. The molecule has 0 fully saturated rings. The highest BCUT2D eigenvalue weighted by atomic mass is 14.9. The minimum Gasteiger partial charge on any atom is -0.385 e. The van der Waals surface area contributed by atoms with Gasteiger partial charge in [-0.05, 0) is 43.5 Å². The fraction of sp³-hybridized carbons (Fsp3) is 0.455. The number of hydrogen-bond donors (Lipinski definition) is 1. The summed E-state index contributed by atoms with van der Waals surface area (Å²) in [5, 5.41) is 3.36. The average molecular weight is 163 g/mol. The molecule has 12 heavy (non-hydrogen) atoms. The maximum Gasteiger partial charge on any atom is 0.0342 e. The lowest BCUT2D eigenvalue weighted by Crippen LogP contribution is -1.99. The average Bonchev–Trinajstić information content (AvgIpc) is 2.07. The van der Waals surface area contributed by atoms with E-state index in [1.54, 1.807) is 0 Å². The maximum absolute atomic E-state index is 3.36. The van der Waals surface area contributed by atoms with Gasteiger partial charge in [0.15, 0.2) is 0 Å². The van der Waals surface area contributed by atoms with Crippen LogP contribution in [-0.4, -0.2) is 6.54 Å². The summed E-state index contributed by atoms with van der Waals surface area (Å²) in [6, 6.07) is 6.50. The van der Waals surface area contributed by atoms with Gasteiger partial charge in [0.25, 0.3) is 0 Å². The molecule has 0 unspecified atom stereocenters. The molecule has 1 aromatic carbocycles. The van der Waals surface area contributed by atoms with Gasteiger partial charge in [-0.25, -0.2) is 0 Å². The largest absolute Gasteiger partial charge is 0.385 e. The van der Waals surface area contributed by atoms with Crippen molar-refractivity contribution < 1.29 is 0 Å². The van der Waals surface area contributed by atoms with E-state index in [2.05, 4.69) is 44.3 Å². The predicted molar refractivity (Wildman–Crippen MR) is 54.7 cm³/mol. The molecule has 0 saturated carbocycles. The van der Waals surface area contributed by atoms with Crippen molar-refractivity contribution >= 4 is 5.69 Å². The van der Waals surface area contributed by atoms with E-state index in [0.717, 1.165) is 6.54 Å². The third kappa shape index (κ3) is 2.26. The Bertz CT molecular complexity index is 253. The van der Waals surface area contributed by atoms with Gasteiger partial charge < -0.3 is 5.32 Å². The third-order valence-electron chi connectivity index (χ3n) is 2.09. The summed E-state index contributed by atoms with van der Waals surface area (Å²) in [7, 11) is 0. The normalized spacial score (nSPS) is 9.92. The Hall–Kier alpha value is -0.980. The first-order chi connectivity index (χ1) is 5.74.